The molecule has 0 bridgehead atoms. The van der Waals surface area contributed by atoms with Crippen molar-refractivity contribution in [3.63, 3.8) is 0 Å². The molecule has 2 N–H and O–H groups in total. The molecule has 0 heterocycles. The van der Waals surface area contributed by atoms with E-state index in [9.17, 15) is 27.6 Å². The Labute approximate surface area is 154 Å². The fourth-order valence-electron chi connectivity index (χ4n) is 2.22. The lowest BCUT2D eigenvalue weighted by atomic mass is 10.0. The van der Waals surface area contributed by atoms with Crippen LogP contribution >= 0.6 is 0 Å². The first-order valence-electron chi connectivity index (χ1n) is 8.02. The average Bonchev–Trinajstić information content (AvgIpc) is 2.64. The van der Waals surface area contributed by atoms with E-state index in [-0.39, 0.29) is 6.42 Å². The molecule has 0 radical (unpaired) electrons. The number of alkyl halides is 3. The van der Waals surface area contributed by atoms with Gasteiger partial charge in [0, 0.05) is 12.3 Å². The van der Waals surface area contributed by atoms with Crippen LogP contribution in [0.25, 0.3) is 0 Å². The summed E-state index contributed by atoms with van der Waals surface area (Å²) in [4.78, 5) is 35.7. The van der Waals surface area contributed by atoms with Crippen LogP contribution in [0.3, 0.4) is 0 Å². The maximum Gasteiger partial charge on any atom is 0.471 e. The number of hydrogen-bond acceptors (Lipinski definition) is 4. The third-order valence-corrected chi connectivity index (χ3v) is 3.81. The smallest absolute Gasteiger partial charge is 0.467 e. The predicted molar refractivity (Wildman–Crippen MR) is 91.4 cm³/mol. The van der Waals surface area contributed by atoms with Crippen LogP contribution in [0.1, 0.15) is 12.5 Å². The summed E-state index contributed by atoms with van der Waals surface area (Å²) in [7, 11) is 1.12. The molecule has 27 heavy (non-hydrogen) atoms. The van der Waals surface area contributed by atoms with Gasteiger partial charge < -0.3 is 15.4 Å². The van der Waals surface area contributed by atoms with Crippen LogP contribution < -0.4 is 10.6 Å². The second-order valence-electron chi connectivity index (χ2n) is 5.82. The number of amides is 2. The van der Waals surface area contributed by atoms with Gasteiger partial charge in [-0.25, -0.2) is 4.79 Å². The van der Waals surface area contributed by atoms with Crippen LogP contribution in [0, 0.1) is 5.92 Å². The lowest BCUT2D eigenvalue weighted by Crippen LogP contribution is -2.56. The summed E-state index contributed by atoms with van der Waals surface area (Å²) in [6, 6.07) is 5.51. The van der Waals surface area contributed by atoms with E-state index in [1.807, 2.05) is 0 Å². The molecule has 1 rings (SSSR count). The molecule has 9 heteroatoms. The normalized spacial score (nSPS) is 14.4. The molecule has 1 aromatic rings. The van der Waals surface area contributed by atoms with Gasteiger partial charge in [0.15, 0.2) is 0 Å². The number of rotatable bonds is 8. The van der Waals surface area contributed by atoms with E-state index in [2.05, 4.69) is 16.6 Å². The molecule has 0 saturated heterocycles. The molecule has 6 nitrogen and oxygen atoms in total. The highest BCUT2D eigenvalue weighted by molar-refractivity contribution is 5.92. The number of ether oxygens (including phenoxy) is 1. The number of hydrogen-bond donors (Lipinski definition) is 2. The maximum atomic E-state index is 12.6. The molecule has 0 aliphatic carbocycles. The van der Waals surface area contributed by atoms with Gasteiger partial charge in [0.2, 0.25) is 5.91 Å². The monoisotopic (exact) mass is 386 g/mol. The number of nitrogens with one attached hydrogen (secondary N) is 2. The highest BCUT2D eigenvalue weighted by Crippen LogP contribution is 2.16. The van der Waals surface area contributed by atoms with Crippen LogP contribution in [0.2, 0.25) is 0 Å². The van der Waals surface area contributed by atoms with E-state index in [4.69, 9.17) is 0 Å². The van der Waals surface area contributed by atoms with Crippen molar-refractivity contribution >= 4 is 17.8 Å². The largest absolute Gasteiger partial charge is 0.471 e. The van der Waals surface area contributed by atoms with E-state index in [1.165, 1.54) is 6.08 Å². The van der Waals surface area contributed by atoms with Crippen LogP contribution in [0.15, 0.2) is 43.0 Å². The van der Waals surface area contributed by atoms with Gasteiger partial charge in [0.25, 0.3) is 0 Å². The summed E-state index contributed by atoms with van der Waals surface area (Å²) in [6.45, 7) is 5.10. The minimum atomic E-state index is -5.15. The van der Waals surface area contributed by atoms with Crippen LogP contribution in [-0.2, 0) is 25.5 Å². The minimum absolute atomic E-state index is 0.190. The molecular formula is C18H21F3N2O4. The van der Waals surface area contributed by atoms with Crippen molar-refractivity contribution in [3.05, 3.63) is 48.6 Å². The molecule has 0 spiro atoms. The Bertz CT molecular complexity index is 677. The first-order valence-corrected chi connectivity index (χ1v) is 8.02. The van der Waals surface area contributed by atoms with Gasteiger partial charge in [-0.05, 0) is 5.56 Å². The van der Waals surface area contributed by atoms with E-state index in [1.54, 1.807) is 42.6 Å². The Kier molecular flexibility index (Phi) is 8.01. The van der Waals surface area contributed by atoms with Crippen molar-refractivity contribution < 1.29 is 32.3 Å². The lowest BCUT2D eigenvalue weighted by molar-refractivity contribution is -0.174. The average molecular weight is 386 g/mol. The fraction of sp³-hybridized carbons (Fsp3) is 0.389. The first-order chi connectivity index (χ1) is 12.6. The SMILES string of the molecule is C=C[C@H](C)[C@@H](NC(=O)[C@H](Cc1ccccc1)NC(=O)C(F)(F)F)C(=O)OC. The second kappa shape index (κ2) is 9.75. The van der Waals surface area contributed by atoms with Gasteiger partial charge in [0.1, 0.15) is 12.1 Å². The van der Waals surface area contributed by atoms with Crippen molar-refractivity contribution in [1.29, 1.82) is 0 Å². The molecule has 0 fully saturated rings. The van der Waals surface area contributed by atoms with Gasteiger partial charge in [-0.3, -0.25) is 9.59 Å². The van der Waals surface area contributed by atoms with Gasteiger partial charge >= 0.3 is 18.1 Å². The van der Waals surface area contributed by atoms with Gasteiger partial charge in [-0.2, -0.15) is 13.2 Å². The molecule has 148 valence electrons. The minimum Gasteiger partial charge on any atom is -0.467 e. The van der Waals surface area contributed by atoms with E-state index in [0.29, 0.717) is 5.56 Å². The quantitative estimate of drug-likeness (QED) is 0.527. The topological polar surface area (TPSA) is 84.5 Å². The van der Waals surface area contributed by atoms with Gasteiger partial charge in [0.05, 0.1) is 7.11 Å². The van der Waals surface area contributed by atoms with Crippen molar-refractivity contribution in [1.82, 2.24) is 10.6 Å². The van der Waals surface area contributed by atoms with Crippen molar-refractivity contribution in [2.45, 2.75) is 31.6 Å². The third kappa shape index (κ3) is 6.76. The van der Waals surface area contributed by atoms with Crippen LogP contribution in [0.5, 0.6) is 0 Å². The molecular weight excluding hydrogens is 365 g/mol. The molecule has 1 aromatic carbocycles. The van der Waals surface area contributed by atoms with Crippen molar-refractivity contribution in [2.75, 3.05) is 7.11 Å². The Balaban J connectivity index is 3.04. The van der Waals surface area contributed by atoms with Gasteiger partial charge in [-0.1, -0.05) is 43.3 Å². The lowest BCUT2D eigenvalue weighted by Gasteiger charge is -2.25. The summed E-state index contributed by atoms with van der Waals surface area (Å²) >= 11 is 0. The third-order valence-electron chi connectivity index (χ3n) is 3.81. The Morgan fingerprint density at radius 3 is 2.26 bits per heavy atom. The fourth-order valence-corrected chi connectivity index (χ4v) is 2.22. The molecule has 0 aromatic heterocycles. The number of esters is 1. The summed E-state index contributed by atoms with van der Waals surface area (Å²) in [5, 5.41) is 4.00. The molecule has 0 aliphatic heterocycles. The molecule has 0 aliphatic rings. The summed E-state index contributed by atoms with van der Waals surface area (Å²) in [5.74, 6) is -4.51. The molecule has 0 unspecified atom stereocenters. The highest BCUT2D eigenvalue weighted by atomic mass is 19.4. The van der Waals surface area contributed by atoms with Crippen molar-refractivity contribution in [3.8, 4) is 0 Å². The standard InChI is InChI=1S/C18H21F3N2O4/c1-4-11(2)14(16(25)27-3)23-15(24)13(22-17(26)18(19,20)21)10-12-8-6-5-7-9-12/h4-9,11,13-14H,1,10H2,2-3H3,(H,22,26)(H,23,24)/t11-,13-,14+/m0/s1. The number of carbonyl (C=O) groups is 3. The first kappa shape index (κ1) is 22.2. The summed E-state index contributed by atoms with van der Waals surface area (Å²) < 4.78 is 42.4. The zero-order chi connectivity index (χ0) is 20.6. The summed E-state index contributed by atoms with van der Waals surface area (Å²) in [5.41, 5.74) is 0.534. The zero-order valence-corrected chi connectivity index (χ0v) is 14.9. The number of halogens is 3. The Morgan fingerprint density at radius 2 is 1.78 bits per heavy atom. The molecule has 0 saturated carbocycles. The van der Waals surface area contributed by atoms with Crippen LogP contribution in [-0.4, -0.2) is 43.2 Å². The van der Waals surface area contributed by atoms with E-state index < -0.39 is 42.0 Å². The number of benzene rings is 1. The number of carbonyl (C=O) groups excluding carboxylic acids is 3. The highest BCUT2D eigenvalue weighted by Gasteiger charge is 2.41. The number of methoxy groups -OCH3 is 1. The Hall–Kier alpha value is -2.84. The molecule has 3 atom stereocenters. The molecule has 2 amide bonds. The predicted octanol–water partition coefficient (Wildman–Crippen LogP) is 1.76. The maximum absolute atomic E-state index is 12.6. The van der Waals surface area contributed by atoms with Crippen LogP contribution in [0.4, 0.5) is 13.2 Å². The van der Waals surface area contributed by atoms with Crippen molar-refractivity contribution in [2.24, 2.45) is 5.92 Å². The second-order valence-corrected chi connectivity index (χ2v) is 5.82. The summed E-state index contributed by atoms with van der Waals surface area (Å²) in [6.07, 6.45) is -3.95. The van der Waals surface area contributed by atoms with E-state index in [0.717, 1.165) is 7.11 Å². The van der Waals surface area contributed by atoms with Gasteiger partial charge in [-0.15, -0.1) is 6.58 Å². The Morgan fingerprint density at radius 1 is 1.19 bits per heavy atom. The van der Waals surface area contributed by atoms with E-state index >= 15 is 0 Å². The zero-order valence-electron chi connectivity index (χ0n) is 14.9.